The van der Waals surface area contributed by atoms with Crippen LogP contribution in [0.4, 0.5) is 5.69 Å². The van der Waals surface area contributed by atoms with E-state index in [4.69, 9.17) is 0 Å². The van der Waals surface area contributed by atoms with Gasteiger partial charge in [-0.25, -0.2) is 9.67 Å². The third-order valence-corrected chi connectivity index (χ3v) is 3.72. The first-order valence-corrected chi connectivity index (χ1v) is 6.29. The fourth-order valence-electron chi connectivity index (χ4n) is 1.52. The van der Waals surface area contributed by atoms with Crippen LogP contribution in [0.3, 0.4) is 0 Å². The van der Waals surface area contributed by atoms with Gasteiger partial charge in [0.15, 0.2) is 0 Å². The molecule has 0 saturated carbocycles. The molecule has 1 aromatic heterocycles. The summed E-state index contributed by atoms with van der Waals surface area (Å²) in [6, 6.07) is 5.32. The second-order valence-corrected chi connectivity index (χ2v) is 4.77. The molecular formula is C12H13BrN4O. The second kappa shape index (κ2) is 5.30. The van der Waals surface area contributed by atoms with Crippen LogP contribution < -0.4 is 5.32 Å². The summed E-state index contributed by atoms with van der Waals surface area (Å²) in [5.41, 5.74) is 1.83. The molecule has 0 radical (unpaired) electrons. The molecule has 1 unspecified atom stereocenters. The molecule has 0 aliphatic carbocycles. The van der Waals surface area contributed by atoms with E-state index in [2.05, 4.69) is 31.3 Å². The first kappa shape index (κ1) is 12.8. The zero-order valence-corrected chi connectivity index (χ0v) is 11.7. The van der Waals surface area contributed by atoms with Crippen LogP contribution in [0.15, 0.2) is 35.3 Å². The molecule has 18 heavy (non-hydrogen) atoms. The number of amides is 1. The number of nitrogens with zero attached hydrogens (tertiary/aromatic N) is 3. The third-order valence-electron chi connectivity index (χ3n) is 2.66. The average Bonchev–Trinajstić information content (AvgIpc) is 2.87. The van der Waals surface area contributed by atoms with E-state index in [1.165, 1.54) is 17.3 Å². The highest BCUT2D eigenvalue weighted by molar-refractivity contribution is 9.10. The van der Waals surface area contributed by atoms with Crippen molar-refractivity contribution < 1.29 is 4.79 Å². The van der Waals surface area contributed by atoms with Gasteiger partial charge in [-0.2, -0.15) is 5.10 Å². The molecule has 0 saturated heterocycles. The van der Waals surface area contributed by atoms with E-state index in [0.717, 1.165) is 15.7 Å². The standard InChI is InChI=1S/C12H13BrN4O/c1-8-4-3-5-10(11(8)13)16-12(18)9(2)17-7-14-6-15-17/h3-7,9H,1-2H3,(H,16,18). The summed E-state index contributed by atoms with van der Waals surface area (Å²) in [7, 11) is 0. The van der Waals surface area contributed by atoms with Gasteiger partial charge >= 0.3 is 0 Å². The predicted octanol–water partition coefficient (Wildman–Crippen LogP) is 2.55. The van der Waals surface area contributed by atoms with E-state index in [9.17, 15) is 4.79 Å². The summed E-state index contributed by atoms with van der Waals surface area (Å²) in [5, 5.41) is 6.82. The largest absolute Gasteiger partial charge is 0.323 e. The molecule has 1 N–H and O–H groups in total. The van der Waals surface area contributed by atoms with Gasteiger partial charge in [0.1, 0.15) is 18.7 Å². The smallest absolute Gasteiger partial charge is 0.249 e. The Morgan fingerprint density at radius 1 is 1.50 bits per heavy atom. The van der Waals surface area contributed by atoms with Gasteiger partial charge < -0.3 is 5.32 Å². The minimum Gasteiger partial charge on any atom is -0.323 e. The van der Waals surface area contributed by atoms with Crippen molar-refractivity contribution in [2.45, 2.75) is 19.9 Å². The zero-order valence-electron chi connectivity index (χ0n) is 10.1. The molecule has 1 atom stereocenters. The highest BCUT2D eigenvalue weighted by Crippen LogP contribution is 2.26. The van der Waals surface area contributed by atoms with Gasteiger partial charge in [0.25, 0.3) is 0 Å². The predicted molar refractivity (Wildman–Crippen MR) is 72.2 cm³/mol. The highest BCUT2D eigenvalue weighted by Gasteiger charge is 2.16. The number of nitrogens with one attached hydrogen (secondary N) is 1. The molecule has 2 aromatic rings. The second-order valence-electron chi connectivity index (χ2n) is 3.98. The zero-order chi connectivity index (χ0) is 13.1. The average molecular weight is 309 g/mol. The Balaban J connectivity index is 2.14. The van der Waals surface area contributed by atoms with Crippen LogP contribution in [0, 0.1) is 6.92 Å². The Labute approximate surface area is 113 Å². The van der Waals surface area contributed by atoms with Crippen LogP contribution in [0.5, 0.6) is 0 Å². The Hall–Kier alpha value is -1.69. The number of anilines is 1. The summed E-state index contributed by atoms with van der Waals surface area (Å²) < 4.78 is 2.41. The van der Waals surface area contributed by atoms with Gasteiger partial charge in [-0.3, -0.25) is 4.79 Å². The number of rotatable bonds is 3. The molecule has 5 nitrogen and oxygen atoms in total. The summed E-state index contributed by atoms with van der Waals surface area (Å²) in [5.74, 6) is -0.133. The lowest BCUT2D eigenvalue weighted by molar-refractivity contribution is -0.119. The van der Waals surface area contributed by atoms with Crippen molar-refractivity contribution in [1.29, 1.82) is 0 Å². The SMILES string of the molecule is Cc1cccc(NC(=O)C(C)n2cncn2)c1Br. The number of aryl methyl sites for hydroxylation is 1. The normalized spacial score (nSPS) is 12.2. The molecule has 94 valence electrons. The molecule has 6 heteroatoms. The number of carbonyl (C=O) groups is 1. The van der Waals surface area contributed by atoms with E-state index in [1.807, 2.05) is 25.1 Å². The highest BCUT2D eigenvalue weighted by atomic mass is 79.9. The van der Waals surface area contributed by atoms with Gasteiger partial charge in [0.2, 0.25) is 5.91 Å². The Morgan fingerprint density at radius 2 is 2.28 bits per heavy atom. The van der Waals surface area contributed by atoms with Crippen molar-refractivity contribution in [3.8, 4) is 0 Å². The Morgan fingerprint density at radius 3 is 2.94 bits per heavy atom. The van der Waals surface area contributed by atoms with Crippen LogP contribution in [0.2, 0.25) is 0 Å². The fraction of sp³-hybridized carbons (Fsp3) is 0.250. The van der Waals surface area contributed by atoms with E-state index in [1.54, 1.807) is 6.92 Å². The molecule has 2 rings (SSSR count). The van der Waals surface area contributed by atoms with E-state index in [0.29, 0.717) is 0 Å². The first-order chi connectivity index (χ1) is 8.59. The lowest BCUT2D eigenvalue weighted by Crippen LogP contribution is -2.24. The van der Waals surface area contributed by atoms with Crippen LogP contribution in [-0.4, -0.2) is 20.7 Å². The van der Waals surface area contributed by atoms with Crippen molar-refractivity contribution >= 4 is 27.5 Å². The third kappa shape index (κ3) is 2.59. The van der Waals surface area contributed by atoms with E-state index >= 15 is 0 Å². The van der Waals surface area contributed by atoms with E-state index < -0.39 is 6.04 Å². The molecule has 1 aromatic carbocycles. The number of carbonyl (C=O) groups excluding carboxylic acids is 1. The van der Waals surface area contributed by atoms with Crippen LogP contribution in [0.1, 0.15) is 18.5 Å². The van der Waals surface area contributed by atoms with Crippen molar-refractivity contribution in [3.05, 3.63) is 40.9 Å². The summed E-state index contributed by atoms with van der Waals surface area (Å²) in [6.07, 6.45) is 2.93. The van der Waals surface area contributed by atoms with Gasteiger partial charge in [0.05, 0.1) is 5.69 Å². The number of hydrogen-bond acceptors (Lipinski definition) is 3. The number of benzene rings is 1. The van der Waals surface area contributed by atoms with E-state index in [-0.39, 0.29) is 5.91 Å². The molecule has 0 bridgehead atoms. The summed E-state index contributed by atoms with van der Waals surface area (Å²) in [4.78, 5) is 15.9. The minimum atomic E-state index is -0.403. The van der Waals surface area contributed by atoms with Crippen molar-refractivity contribution in [1.82, 2.24) is 14.8 Å². The quantitative estimate of drug-likeness (QED) is 0.948. The van der Waals surface area contributed by atoms with Gasteiger partial charge in [-0.05, 0) is 41.4 Å². The molecule has 0 fully saturated rings. The van der Waals surface area contributed by atoms with Gasteiger partial charge in [-0.15, -0.1) is 0 Å². The maximum absolute atomic E-state index is 12.1. The lowest BCUT2D eigenvalue weighted by Gasteiger charge is -2.13. The van der Waals surface area contributed by atoms with Crippen LogP contribution in [-0.2, 0) is 4.79 Å². The summed E-state index contributed by atoms with van der Waals surface area (Å²) >= 11 is 3.46. The van der Waals surface area contributed by atoms with Crippen molar-refractivity contribution in [3.63, 3.8) is 0 Å². The molecule has 0 aliphatic rings. The van der Waals surface area contributed by atoms with Crippen LogP contribution >= 0.6 is 15.9 Å². The lowest BCUT2D eigenvalue weighted by atomic mass is 10.2. The summed E-state index contributed by atoms with van der Waals surface area (Å²) in [6.45, 7) is 3.74. The van der Waals surface area contributed by atoms with Crippen LogP contribution in [0.25, 0.3) is 0 Å². The molecule has 0 aliphatic heterocycles. The van der Waals surface area contributed by atoms with Crippen molar-refractivity contribution in [2.75, 3.05) is 5.32 Å². The number of hydrogen-bond donors (Lipinski definition) is 1. The fourth-order valence-corrected chi connectivity index (χ4v) is 1.88. The molecule has 1 heterocycles. The minimum absolute atomic E-state index is 0.133. The number of halogens is 1. The molecule has 0 spiro atoms. The van der Waals surface area contributed by atoms with Crippen molar-refractivity contribution in [2.24, 2.45) is 0 Å². The molecular weight excluding hydrogens is 296 g/mol. The maximum atomic E-state index is 12.1. The molecule has 1 amide bonds. The topological polar surface area (TPSA) is 59.8 Å². The maximum Gasteiger partial charge on any atom is 0.249 e. The monoisotopic (exact) mass is 308 g/mol. The first-order valence-electron chi connectivity index (χ1n) is 5.49. The Kier molecular flexibility index (Phi) is 3.76. The van der Waals surface area contributed by atoms with Gasteiger partial charge in [-0.1, -0.05) is 12.1 Å². The van der Waals surface area contributed by atoms with Gasteiger partial charge in [0, 0.05) is 4.47 Å². The number of aromatic nitrogens is 3. The Bertz CT molecular complexity index is 553.